The Morgan fingerprint density at radius 2 is 2.00 bits per heavy atom. The first kappa shape index (κ1) is 18.5. The highest BCUT2D eigenvalue weighted by molar-refractivity contribution is 9.10. The van der Waals surface area contributed by atoms with Crippen LogP contribution in [-0.4, -0.2) is 32.4 Å². The number of nitrogens with zero attached hydrogens (tertiary/aromatic N) is 1. The highest BCUT2D eigenvalue weighted by Crippen LogP contribution is 2.27. The Bertz CT molecular complexity index is 591. The van der Waals surface area contributed by atoms with Crippen LogP contribution in [0, 0.1) is 5.82 Å². The number of halogens is 2. The standard InChI is InChI=1S/C14H22BrFN2O2S/c1-5-6-18(10(2)3)21(19,20)13-8-12(15)7-11(9-17-4)14(13)16/h7-8,10,17H,5-6,9H2,1-4H3. The molecule has 21 heavy (non-hydrogen) atoms. The highest BCUT2D eigenvalue weighted by Gasteiger charge is 2.30. The molecule has 0 unspecified atom stereocenters. The number of benzene rings is 1. The lowest BCUT2D eigenvalue weighted by Gasteiger charge is -2.26. The van der Waals surface area contributed by atoms with Crippen molar-refractivity contribution in [2.24, 2.45) is 0 Å². The van der Waals surface area contributed by atoms with E-state index in [0.717, 1.165) is 0 Å². The Morgan fingerprint density at radius 3 is 2.48 bits per heavy atom. The molecule has 0 saturated carbocycles. The molecule has 0 atom stereocenters. The molecule has 1 aromatic carbocycles. The monoisotopic (exact) mass is 380 g/mol. The fourth-order valence-electron chi connectivity index (χ4n) is 2.13. The highest BCUT2D eigenvalue weighted by atomic mass is 79.9. The summed E-state index contributed by atoms with van der Waals surface area (Å²) in [6.07, 6.45) is 0.677. The van der Waals surface area contributed by atoms with Crippen LogP contribution in [0.1, 0.15) is 32.8 Å². The minimum Gasteiger partial charge on any atom is -0.316 e. The smallest absolute Gasteiger partial charge is 0.246 e. The van der Waals surface area contributed by atoms with Gasteiger partial charge < -0.3 is 5.32 Å². The zero-order valence-electron chi connectivity index (χ0n) is 12.8. The molecule has 0 aliphatic carbocycles. The summed E-state index contributed by atoms with van der Waals surface area (Å²) in [5.74, 6) is -0.686. The molecule has 0 aliphatic rings. The summed E-state index contributed by atoms with van der Waals surface area (Å²) in [5, 5.41) is 2.84. The Morgan fingerprint density at radius 1 is 1.38 bits per heavy atom. The number of rotatable bonds is 7. The molecule has 1 aromatic rings. The van der Waals surface area contributed by atoms with Crippen molar-refractivity contribution in [2.75, 3.05) is 13.6 Å². The van der Waals surface area contributed by atoms with E-state index in [2.05, 4.69) is 21.2 Å². The van der Waals surface area contributed by atoms with Gasteiger partial charge in [0.1, 0.15) is 10.7 Å². The molecule has 0 heterocycles. The first-order chi connectivity index (χ1) is 9.75. The molecule has 0 aromatic heterocycles. The van der Waals surface area contributed by atoms with Gasteiger partial charge in [0.05, 0.1) is 0 Å². The van der Waals surface area contributed by atoms with E-state index in [1.165, 1.54) is 10.4 Å². The average molecular weight is 381 g/mol. The van der Waals surface area contributed by atoms with Gasteiger partial charge in [-0.25, -0.2) is 12.8 Å². The molecule has 0 fully saturated rings. The summed E-state index contributed by atoms with van der Waals surface area (Å²) >= 11 is 3.26. The second-order valence-corrected chi connectivity index (χ2v) is 7.89. The molecule has 4 nitrogen and oxygen atoms in total. The van der Waals surface area contributed by atoms with Crippen molar-refractivity contribution in [3.8, 4) is 0 Å². The topological polar surface area (TPSA) is 49.4 Å². The van der Waals surface area contributed by atoms with Crippen molar-refractivity contribution in [3.63, 3.8) is 0 Å². The van der Waals surface area contributed by atoms with Crippen LogP contribution in [0.4, 0.5) is 4.39 Å². The predicted octanol–water partition coefficient (Wildman–Crippen LogP) is 3.12. The van der Waals surface area contributed by atoms with Gasteiger partial charge in [-0.05, 0) is 39.4 Å². The lowest BCUT2D eigenvalue weighted by Crippen LogP contribution is -2.38. The van der Waals surface area contributed by atoms with Crippen LogP contribution in [0.25, 0.3) is 0 Å². The minimum atomic E-state index is -3.86. The van der Waals surface area contributed by atoms with E-state index >= 15 is 0 Å². The van der Waals surface area contributed by atoms with Crippen molar-refractivity contribution in [1.29, 1.82) is 0 Å². The van der Waals surface area contributed by atoms with Crippen LogP contribution >= 0.6 is 15.9 Å². The zero-order valence-corrected chi connectivity index (χ0v) is 15.2. The summed E-state index contributed by atoms with van der Waals surface area (Å²) < 4.78 is 41.9. The second kappa shape index (κ2) is 7.67. The van der Waals surface area contributed by atoms with Crippen molar-refractivity contribution in [2.45, 2.75) is 44.7 Å². The lowest BCUT2D eigenvalue weighted by atomic mass is 10.2. The first-order valence-corrected chi connectivity index (χ1v) is 9.13. The van der Waals surface area contributed by atoms with Crippen LogP contribution in [0.2, 0.25) is 0 Å². The molecule has 0 saturated heterocycles. The van der Waals surface area contributed by atoms with Crippen LogP contribution in [0.5, 0.6) is 0 Å². The van der Waals surface area contributed by atoms with Gasteiger partial charge in [0.25, 0.3) is 0 Å². The third kappa shape index (κ3) is 4.25. The SMILES string of the molecule is CCCN(C(C)C)S(=O)(=O)c1cc(Br)cc(CNC)c1F. The fraction of sp³-hybridized carbons (Fsp3) is 0.571. The van der Waals surface area contributed by atoms with Gasteiger partial charge in [-0.15, -0.1) is 0 Å². The van der Waals surface area contributed by atoms with Crippen molar-refractivity contribution in [1.82, 2.24) is 9.62 Å². The molecular formula is C14H22BrFN2O2S. The molecule has 7 heteroatoms. The Labute approximate surface area is 134 Å². The number of hydrogen-bond acceptors (Lipinski definition) is 3. The largest absolute Gasteiger partial charge is 0.316 e. The summed E-state index contributed by atoms with van der Waals surface area (Å²) in [5.41, 5.74) is 0.325. The maximum atomic E-state index is 14.5. The summed E-state index contributed by atoms with van der Waals surface area (Å²) in [6.45, 7) is 6.11. The van der Waals surface area contributed by atoms with E-state index in [1.807, 2.05) is 6.92 Å². The Balaban J connectivity index is 3.43. The van der Waals surface area contributed by atoms with Crippen LogP contribution in [0.3, 0.4) is 0 Å². The number of nitrogens with one attached hydrogen (secondary N) is 1. The van der Waals surface area contributed by atoms with Gasteiger partial charge in [0.15, 0.2) is 0 Å². The predicted molar refractivity (Wildman–Crippen MR) is 86.2 cm³/mol. The van der Waals surface area contributed by atoms with Crippen molar-refractivity contribution in [3.05, 3.63) is 28.0 Å². The quantitative estimate of drug-likeness (QED) is 0.790. The molecule has 0 spiro atoms. The second-order valence-electron chi connectivity index (χ2n) is 5.12. The normalized spacial score (nSPS) is 12.4. The van der Waals surface area contributed by atoms with Gasteiger partial charge >= 0.3 is 0 Å². The van der Waals surface area contributed by atoms with Crippen molar-refractivity contribution < 1.29 is 12.8 Å². The summed E-state index contributed by atoms with van der Waals surface area (Å²) in [7, 11) is -2.17. The van der Waals surface area contributed by atoms with Crippen LogP contribution < -0.4 is 5.32 Å². The maximum absolute atomic E-state index is 14.5. The Kier molecular flexibility index (Phi) is 6.77. The van der Waals surface area contributed by atoms with E-state index in [-0.39, 0.29) is 17.5 Å². The van der Waals surface area contributed by atoms with Crippen LogP contribution in [-0.2, 0) is 16.6 Å². The number of hydrogen-bond donors (Lipinski definition) is 1. The van der Waals surface area contributed by atoms with E-state index in [1.54, 1.807) is 27.0 Å². The summed E-state index contributed by atoms with van der Waals surface area (Å²) in [4.78, 5) is -0.274. The third-order valence-corrected chi connectivity index (χ3v) is 5.59. The van der Waals surface area contributed by atoms with E-state index in [9.17, 15) is 12.8 Å². The van der Waals surface area contributed by atoms with Crippen LogP contribution in [0.15, 0.2) is 21.5 Å². The van der Waals surface area contributed by atoms with E-state index in [4.69, 9.17) is 0 Å². The van der Waals surface area contributed by atoms with Gasteiger partial charge in [-0.3, -0.25) is 0 Å². The van der Waals surface area contributed by atoms with Gasteiger partial charge in [-0.2, -0.15) is 4.31 Å². The van der Waals surface area contributed by atoms with Gasteiger partial charge in [-0.1, -0.05) is 22.9 Å². The molecule has 0 aliphatic heterocycles. The maximum Gasteiger partial charge on any atom is 0.246 e. The minimum absolute atomic E-state index is 0.221. The van der Waals surface area contributed by atoms with Crippen molar-refractivity contribution >= 4 is 26.0 Å². The average Bonchev–Trinajstić information content (AvgIpc) is 2.39. The first-order valence-electron chi connectivity index (χ1n) is 6.90. The lowest BCUT2D eigenvalue weighted by molar-refractivity contribution is 0.352. The van der Waals surface area contributed by atoms with E-state index in [0.29, 0.717) is 23.0 Å². The zero-order chi connectivity index (χ0) is 16.2. The van der Waals surface area contributed by atoms with Gasteiger partial charge in [0.2, 0.25) is 10.0 Å². The fourth-order valence-corrected chi connectivity index (χ4v) is 4.65. The van der Waals surface area contributed by atoms with E-state index < -0.39 is 15.8 Å². The third-order valence-electron chi connectivity index (χ3n) is 3.05. The molecule has 0 radical (unpaired) electrons. The molecule has 0 bridgehead atoms. The Hall–Kier alpha value is -0.500. The summed E-state index contributed by atoms with van der Waals surface area (Å²) in [6, 6.07) is 2.69. The molecule has 0 amide bonds. The van der Waals surface area contributed by atoms with Gasteiger partial charge in [0, 0.05) is 29.2 Å². The molecule has 1 rings (SSSR count). The molecule has 1 N–H and O–H groups in total. The molecular weight excluding hydrogens is 359 g/mol. The number of sulfonamides is 1. The molecule has 120 valence electrons.